The zero-order valence-electron chi connectivity index (χ0n) is 12.2. The summed E-state index contributed by atoms with van der Waals surface area (Å²) in [5, 5.41) is 8.78. The van der Waals surface area contributed by atoms with Crippen LogP contribution in [-0.2, 0) is 20.9 Å². The van der Waals surface area contributed by atoms with E-state index in [0.29, 0.717) is 0 Å². The number of ether oxygens (including phenoxy) is 1. The van der Waals surface area contributed by atoms with Gasteiger partial charge in [0.15, 0.2) is 6.61 Å². The smallest absolute Gasteiger partial charge is 0.326 e. The van der Waals surface area contributed by atoms with E-state index in [4.69, 9.17) is 10.00 Å². The van der Waals surface area contributed by atoms with Gasteiger partial charge in [0, 0.05) is 13.6 Å². The molecule has 6 heteroatoms. The molecular formula is C15H17FN2O3. The van der Waals surface area contributed by atoms with Gasteiger partial charge in [-0.15, -0.1) is 0 Å². The zero-order valence-corrected chi connectivity index (χ0v) is 12.2. The van der Waals surface area contributed by atoms with Gasteiger partial charge in [0.2, 0.25) is 0 Å². The van der Waals surface area contributed by atoms with Crippen molar-refractivity contribution in [2.75, 3.05) is 13.7 Å². The van der Waals surface area contributed by atoms with Gasteiger partial charge in [-0.05, 0) is 31.5 Å². The molecule has 1 rings (SSSR count). The fourth-order valence-electron chi connectivity index (χ4n) is 1.42. The molecule has 1 amide bonds. The summed E-state index contributed by atoms with van der Waals surface area (Å²) in [6.07, 6.45) is 0. The van der Waals surface area contributed by atoms with Crippen LogP contribution in [0.4, 0.5) is 4.39 Å². The van der Waals surface area contributed by atoms with E-state index in [2.05, 4.69) is 0 Å². The summed E-state index contributed by atoms with van der Waals surface area (Å²) in [6, 6.07) is 7.57. The second-order valence-corrected chi connectivity index (χ2v) is 5.19. The van der Waals surface area contributed by atoms with E-state index < -0.39 is 23.9 Å². The van der Waals surface area contributed by atoms with Gasteiger partial charge in [0.25, 0.3) is 5.91 Å². The molecule has 21 heavy (non-hydrogen) atoms. The fraction of sp³-hybridized carbons (Fsp3) is 0.400. The van der Waals surface area contributed by atoms with E-state index >= 15 is 0 Å². The van der Waals surface area contributed by atoms with Gasteiger partial charge < -0.3 is 9.64 Å². The van der Waals surface area contributed by atoms with Crippen LogP contribution in [0.1, 0.15) is 19.4 Å². The van der Waals surface area contributed by atoms with E-state index in [1.165, 1.54) is 30.9 Å². The second kappa shape index (κ2) is 6.84. The van der Waals surface area contributed by atoms with Crippen LogP contribution in [0.3, 0.4) is 0 Å². The van der Waals surface area contributed by atoms with E-state index in [9.17, 15) is 14.0 Å². The van der Waals surface area contributed by atoms with Gasteiger partial charge in [0.1, 0.15) is 11.2 Å². The third kappa shape index (κ3) is 4.88. The number of nitrogens with zero attached hydrogens (tertiary/aromatic N) is 2. The van der Waals surface area contributed by atoms with Gasteiger partial charge >= 0.3 is 5.97 Å². The average molecular weight is 292 g/mol. The fourth-order valence-corrected chi connectivity index (χ4v) is 1.42. The first kappa shape index (κ1) is 16.6. The molecule has 0 saturated carbocycles. The molecular weight excluding hydrogens is 275 g/mol. The number of carbonyl (C=O) groups excluding carboxylic acids is 2. The van der Waals surface area contributed by atoms with Crippen molar-refractivity contribution in [2.45, 2.75) is 20.4 Å². The maximum Gasteiger partial charge on any atom is 0.326 e. The molecule has 0 unspecified atom stereocenters. The first-order chi connectivity index (χ1) is 9.76. The largest absolute Gasteiger partial charge is 0.454 e. The topological polar surface area (TPSA) is 70.4 Å². The van der Waals surface area contributed by atoms with Crippen molar-refractivity contribution in [3.8, 4) is 6.07 Å². The van der Waals surface area contributed by atoms with Crippen molar-refractivity contribution < 1.29 is 18.7 Å². The third-order valence-corrected chi connectivity index (χ3v) is 2.88. The van der Waals surface area contributed by atoms with E-state index in [1.54, 1.807) is 25.2 Å². The molecule has 0 aliphatic carbocycles. The van der Waals surface area contributed by atoms with Crippen LogP contribution < -0.4 is 0 Å². The lowest BCUT2D eigenvalue weighted by Gasteiger charge is -2.19. The lowest BCUT2D eigenvalue weighted by atomic mass is 9.96. The number of halogens is 1. The molecule has 1 aromatic carbocycles. The van der Waals surface area contributed by atoms with Crippen LogP contribution in [-0.4, -0.2) is 30.4 Å². The lowest BCUT2D eigenvalue weighted by Crippen LogP contribution is -2.33. The van der Waals surface area contributed by atoms with Crippen molar-refractivity contribution in [3.63, 3.8) is 0 Å². The minimum atomic E-state index is -1.28. The Kier molecular flexibility index (Phi) is 5.42. The molecule has 0 aliphatic heterocycles. The molecule has 0 spiro atoms. The molecule has 0 aromatic heterocycles. The van der Waals surface area contributed by atoms with E-state index in [1.807, 2.05) is 0 Å². The molecule has 0 atom stereocenters. The Morgan fingerprint density at radius 1 is 1.33 bits per heavy atom. The summed E-state index contributed by atoms with van der Waals surface area (Å²) in [5.74, 6) is -1.49. The number of nitriles is 1. The Bertz CT molecular complexity index is 561. The number of benzene rings is 1. The molecule has 5 nitrogen and oxygen atoms in total. The van der Waals surface area contributed by atoms with Crippen LogP contribution in [0.15, 0.2) is 24.3 Å². The maximum absolute atomic E-state index is 12.8. The van der Waals surface area contributed by atoms with Crippen molar-refractivity contribution in [3.05, 3.63) is 35.6 Å². The number of amides is 1. The number of carbonyl (C=O) groups is 2. The Hall–Kier alpha value is -2.42. The van der Waals surface area contributed by atoms with Crippen molar-refractivity contribution in [2.24, 2.45) is 5.41 Å². The highest BCUT2D eigenvalue weighted by atomic mass is 19.1. The molecule has 0 fully saturated rings. The summed E-state index contributed by atoms with van der Waals surface area (Å²) < 4.78 is 17.6. The van der Waals surface area contributed by atoms with Crippen LogP contribution in [0.5, 0.6) is 0 Å². The first-order valence-corrected chi connectivity index (χ1v) is 6.33. The monoisotopic (exact) mass is 292 g/mol. The van der Waals surface area contributed by atoms with E-state index in [0.717, 1.165) is 5.56 Å². The number of rotatable bonds is 5. The molecule has 0 radical (unpaired) electrons. The Balaban J connectivity index is 2.50. The van der Waals surface area contributed by atoms with Gasteiger partial charge in [-0.2, -0.15) is 5.26 Å². The summed E-state index contributed by atoms with van der Waals surface area (Å²) >= 11 is 0. The first-order valence-electron chi connectivity index (χ1n) is 6.33. The zero-order chi connectivity index (χ0) is 16.0. The highest BCUT2D eigenvalue weighted by molar-refractivity contribution is 5.83. The number of likely N-dealkylation sites (N-methyl/N-ethyl adjacent to an activating group) is 1. The standard InChI is InChI=1S/C15H17FN2O3/c1-15(2,10-17)14(20)21-9-13(19)18(3)8-11-4-6-12(16)7-5-11/h4-7H,8-9H2,1-3H3. The third-order valence-electron chi connectivity index (χ3n) is 2.88. The summed E-state index contributed by atoms with van der Waals surface area (Å²) in [5.41, 5.74) is -0.522. The lowest BCUT2D eigenvalue weighted by molar-refractivity contribution is -0.157. The minimum Gasteiger partial charge on any atom is -0.454 e. The van der Waals surface area contributed by atoms with Crippen LogP contribution >= 0.6 is 0 Å². The molecule has 0 saturated heterocycles. The normalized spacial score (nSPS) is 10.6. The highest BCUT2D eigenvalue weighted by Crippen LogP contribution is 2.15. The van der Waals surface area contributed by atoms with Gasteiger partial charge in [-0.25, -0.2) is 4.39 Å². The maximum atomic E-state index is 12.8. The molecule has 0 heterocycles. The Morgan fingerprint density at radius 2 is 1.90 bits per heavy atom. The number of hydrogen-bond acceptors (Lipinski definition) is 4. The SMILES string of the molecule is CN(Cc1ccc(F)cc1)C(=O)COC(=O)C(C)(C)C#N. The van der Waals surface area contributed by atoms with Gasteiger partial charge in [0.05, 0.1) is 6.07 Å². The predicted molar refractivity (Wildman–Crippen MR) is 73.2 cm³/mol. The number of hydrogen-bond donors (Lipinski definition) is 0. The molecule has 1 aromatic rings. The van der Waals surface area contributed by atoms with Crippen LogP contribution in [0.2, 0.25) is 0 Å². The van der Waals surface area contributed by atoms with Gasteiger partial charge in [-0.3, -0.25) is 9.59 Å². The highest BCUT2D eigenvalue weighted by Gasteiger charge is 2.29. The molecule has 112 valence electrons. The van der Waals surface area contributed by atoms with E-state index in [-0.39, 0.29) is 12.4 Å². The summed E-state index contributed by atoms with van der Waals surface area (Å²) in [7, 11) is 1.55. The molecule has 0 bridgehead atoms. The Morgan fingerprint density at radius 3 is 2.43 bits per heavy atom. The van der Waals surface area contributed by atoms with Crippen LogP contribution in [0, 0.1) is 22.6 Å². The quantitative estimate of drug-likeness (QED) is 0.777. The van der Waals surface area contributed by atoms with Crippen molar-refractivity contribution >= 4 is 11.9 Å². The van der Waals surface area contributed by atoms with Crippen LogP contribution in [0.25, 0.3) is 0 Å². The average Bonchev–Trinajstić information content (AvgIpc) is 2.46. The molecule has 0 N–H and O–H groups in total. The summed E-state index contributed by atoms with van der Waals surface area (Å²) in [6.45, 7) is 2.68. The van der Waals surface area contributed by atoms with Crippen molar-refractivity contribution in [1.29, 1.82) is 5.26 Å². The Labute approximate surface area is 122 Å². The molecule has 0 aliphatic rings. The minimum absolute atomic E-state index is 0.276. The van der Waals surface area contributed by atoms with Crippen molar-refractivity contribution in [1.82, 2.24) is 4.90 Å². The number of esters is 1. The summed E-state index contributed by atoms with van der Waals surface area (Å²) in [4.78, 5) is 24.7. The predicted octanol–water partition coefficient (Wildman–Crippen LogP) is 1.88. The van der Waals surface area contributed by atoms with Gasteiger partial charge in [-0.1, -0.05) is 12.1 Å². The second-order valence-electron chi connectivity index (χ2n) is 5.19.